The van der Waals surface area contributed by atoms with E-state index in [-0.39, 0.29) is 17.2 Å². The minimum atomic E-state index is -0.462. The average Bonchev–Trinajstić information content (AvgIpc) is 2.87. The predicted octanol–water partition coefficient (Wildman–Crippen LogP) is 4.43. The fourth-order valence-corrected chi connectivity index (χ4v) is 5.07. The van der Waals surface area contributed by atoms with E-state index < -0.39 is 5.60 Å². The molecule has 27 heavy (non-hydrogen) atoms. The summed E-state index contributed by atoms with van der Waals surface area (Å²) in [6, 6.07) is 10.5. The number of hydrogen-bond donors (Lipinski definition) is 1. The number of nitrogens with zero attached hydrogens (tertiary/aromatic N) is 2. The van der Waals surface area contributed by atoms with Gasteiger partial charge in [-0.05, 0) is 74.6 Å². The van der Waals surface area contributed by atoms with Crippen molar-refractivity contribution >= 4 is 28.7 Å². The van der Waals surface area contributed by atoms with Gasteiger partial charge in [0.15, 0.2) is 0 Å². The van der Waals surface area contributed by atoms with Crippen LogP contribution in [0.4, 0.5) is 4.79 Å². The van der Waals surface area contributed by atoms with Crippen LogP contribution >= 0.6 is 22.6 Å². The van der Waals surface area contributed by atoms with Gasteiger partial charge < -0.3 is 14.6 Å². The van der Waals surface area contributed by atoms with E-state index in [1.807, 2.05) is 26.8 Å². The first-order chi connectivity index (χ1) is 12.7. The second kappa shape index (κ2) is 6.50. The first-order valence-corrected chi connectivity index (χ1v) is 10.6. The molecule has 0 atom stereocenters. The summed E-state index contributed by atoms with van der Waals surface area (Å²) in [5.74, 6) is 1.15. The van der Waals surface area contributed by atoms with E-state index in [1.54, 1.807) is 0 Å². The molecule has 144 valence electrons. The molecule has 5 nitrogen and oxygen atoms in total. The first kappa shape index (κ1) is 18.8. The smallest absolute Gasteiger partial charge is 0.408 e. The van der Waals surface area contributed by atoms with Gasteiger partial charge in [0.1, 0.15) is 15.1 Å². The average molecular weight is 479 g/mol. The van der Waals surface area contributed by atoms with E-state index >= 15 is 0 Å². The number of amides is 1. The van der Waals surface area contributed by atoms with Crippen LogP contribution in [0.5, 0.6) is 0 Å². The minimum absolute atomic E-state index is 0.0886. The van der Waals surface area contributed by atoms with Crippen LogP contribution in [0.25, 0.3) is 0 Å². The van der Waals surface area contributed by atoms with Gasteiger partial charge in [-0.1, -0.05) is 30.3 Å². The molecule has 5 rings (SSSR count). The lowest BCUT2D eigenvalue weighted by atomic mass is 9.44. The first-order valence-electron chi connectivity index (χ1n) is 9.48. The molecule has 3 aliphatic rings. The van der Waals surface area contributed by atoms with Crippen LogP contribution in [0.1, 0.15) is 51.4 Å². The highest BCUT2D eigenvalue weighted by Crippen LogP contribution is 2.65. The molecule has 2 bridgehead atoms. The highest BCUT2D eigenvalue weighted by molar-refractivity contribution is 14.1. The number of aryl methyl sites for hydroxylation is 2. The molecule has 0 radical (unpaired) electrons. The number of aromatic nitrogens is 2. The van der Waals surface area contributed by atoms with Gasteiger partial charge >= 0.3 is 6.09 Å². The second-order valence-corrected chi connectivity index (χ2v) is 10.1. The zero-order valence-corrected chi connectivity index (χ0v) is 18.2. The second-order valence-electron chi connectivity index (χ2n) is 9.00. The summed E-state index contributed by atoms with van der Waals surface area (Å²) in [4.78, 5) is 16.9. The Bertz CT molecular complexity index is 834. The van der Waals surface area contributed by atoms with Gasteiger partial charge in [-0.15, -0.1) is 0 Å². The Hall–Kier alpha value is -1.57. The number of benzene rings is 1. The number of alkyl carbamates (subject to hydrolysis) is 1. The molecule has 0 saturated heterocycles. The normalized spacial score (nSPS) is 26.1. The number of hydrogen-bond acceptors (Lipinski definition) is 3. The fourth-order valence-electron chi connectivity index (χ4n) is 4.52. The van der Waals surface area contributed by atoms with Gasteiger partial charge in [0.05, 0.1) is 11.1 Å². The number of nitrogens with one attached hydrogen (secondary N) is 1. The van der Waals surface area contributed by atoms with Gasteiger partial charge in [0, 0.05) is 12.6 Å². The Morgan fingerprint density at radius 1 is 1.22 bits per heavy atom. The van der Waals surface area contributed by atoms with Gasteiger partial charge in [-0.25, -0.2) is 9.78 Å². The van der Waals surface area contributed by atoms with Crippen LogP contribution < -0.4 is 5.32 Å². The molecular formula is C21H26IN3O2. The quantitative estimate of drug-likeness (QED) is 0.646. The molecule has 1 heterocycles. The van der Waals surface area contributed by atoms with Crippen molar-refractivity contribution in [3.05, 3.63) is 51.6 Å². The van der Waals surface area contributed by atoms with Gasteiger partial charge in [0.25, 0.3) is 0 Å². The molecule has 1 aromatic heterocycles. The molecule has 0 unspecified atom stereocenters. The molecule has 3 saturated carbocycles. The number of ether oxygens (including phenoxy) is 1. The van der Waals surface area contributed by atoms with Crippen LogP contribution in [0.15, 0.2) is 36.5 Å². The molecule has 1 aromatic carbocycles. The Morgan fingerprint density at radius 3 is 2.52 bits per heavy atom. The molecule has 1 amide bonds. The van der Waals surface area contributed by atoms with Crippen molar-refractivity contribution in [1.29, 1.82) is 0 Å². The summed E-state index contributed by atoms with van der Waals surface area (Å²) >= 11 is 2.29. The Balaban J connectivity index is 1.39. The van der Waals surface area contributed by atoms with Crippen molar-refractivity contribution in [2.24, 2.45) is 0 Å². The zero-order chi connectivity index (χ0) is 19.3. The van der Waals surface area contributed by atoms with Crippen LogP contribution in [0, 0.1) is 3.70 Å². The summed E-state index contributed by atoms with van der Waals surface area (Å²) in [5.41, 5.74) is 0.908. The molecule has 2 aromatic rings. The molecular weight excluding hydrogens is 453 g/mol. The van der Waals surface area contributed by atoms with E-state index in [2.05, 4.69) is 62.9 Å². The highest BCUT2D eigenvalue weighted by Gasteiger charge is 2.70. The summed E-state index contributed by atoms with van der Waals surface area (Å²) in [6.45, 7) is 5.67. The molecule has 3 aliphatic carbocycles. The lowest BCUT2D eigenvalue weighted by molar-refractivity contribution is -0.137. The van der Waals surface area contributed by atoms with Crippen molar-refractivity contribution in [3.63, 3.8) is 0 Å². The van der Waals surface area contributed by atoms with Crippen LogP contribution in [-0.4, -0.2) is 26.8 Å². The number of imidazole rings is 1. The summed E-state index contributed by atoms with van der Waals surface area (Å²) in [6.07, 6.45) is 6.67. The highest BCUT2D eigenvalue weighted by atomic mass is 127. The number of carbonyl (C=O) groups is 1. The van der Waals surface area contributed by atoms with Gasteiger partial charge in [0.2, 0.25) is 0 Å². The van der Waals surface area contributed by atoms with Gasteiger partial charge in [-0.3, -0.25) is 0 Å². The molecule has 3 fully saturated rings. The standard InChI is InChI=1S/C21H26IN3O2/c1-19(2,3)27-18(26)24-20-12-21(13-20,14-20)25-11-16(22)23-17(25)10-9-15-7-5-4-6-8-15/h4-8,11H,9-10,12-14H2,1-3H3,(H,24,26). The SMILES string of the molecule is CC(C)(C)OC(=O)NC12CC(n3cc(I)nc3CCc3ccccc3)(C1)C2. The molecule has 0 spiro atoms. The lowest BCUT2D eigenvalue weighted by Gasteiger charge is -2.70. The number of rotatable bonds is 5. The van der Waals surface area contributed by atoms with Crippen LogP contribution in [-0.2, 0) is 23.1 Å². The third-order valence-corrected chi connectivity index (χ3v) is 6.03. The summed E-state index contributed by atoms with van der Waals surface area (Å²) < 4.78 is 8.83. The Kier molecular flexibility index (Phi) is 4.52. The monoisotopic (exact) mass is 479 g/mol. The third-order valence-electron chi connectivity index (χ3n) is 5.51. The zero-order valence-electron chi connectivity index (χ0n) is 16.1. The molecule has 1 N–H and O–H groups in total. The Morgan fingerprint density at radius 2 is 1.89 bits per heavy atom. The molecule has 0 aliphatic heterocycles. The lowest BCUT2D eigenvalue weighted by Crippen LogP contribution is -2.79. The topological polar surface area (TPSA) is 56.1 Å². The maximum absolute atomic E-state index is 12.1. The minimum Gasteiger partial charge on any atom is -0.444 e. The Labute approximate surface area is 174 Å². The van der Waals surface area contributed by atoms with E-state index in [0.717, 1.165) is 41.6 Å². The maximum atomic E-state index is 12.1. The van der Waals surface area contributed by atoms with Crippen molar-refractivity contribution in [2.45, 2.75) is 69.6 Å². The van der Waals surface area contributed by atoms with Crippen molar-refractivity contribution in [3.8, 4) is 0 Å². The van der Waals surface area contributed by atoms with E-state index in [0.29, 0.717) is 0 Å². The largest absolute Gasteiger partial charge is 0.444 e. The van der Waals surface area contributed by atoms with E-state index in [9.17, 15) is 4.79 Å². The summed E-state index contributed by atoms with van der Waals surface area (Å²) in [5, 5.41) is 3.10. The van der Waals surface area contributed by atoms with Crippen molar-refractivity contribution < 1.29 is 9.53 Å². The van der Waals surface area contributed by atoms with Crippen molar-refractivity contribution in [2.75, 3.05) is 0 Å². The van der Waals surface area contributed by atoms with Crippen LogP contribution in [0.3, 0.4) is 0 Å². The summed E-state index contributed by atoms with van der Waals surface area (Å²) in [7, 11) is 0. The van der Waals surface area contributed by atoms with Crippen molar-refractivity contribution in [1.82, 2.24) is 14.9 Å². The maximum Gasteiger partial charge on any atom is 0.408 e. The van der Waals surface area contributed by atoms with E-state index in [1.165, 1.54) is 5.56 Å². The third kappa shape index (κ3) is 3.73. The number of carbonyl (C=O) groups excluding carboxylic acids is 1. The van der Waals surface area contributed by atoms with Gasteiger partial charge in [-0.2, -0.15) is 0 Å². The molecule has 6 heteroatoms. The number of halogens is 1. The predicted molar refractivity (Wildman–Crippen MR) is 113 cm³/mol. The fraction of sp³-hybridized carbons (Fsp3) is 0.524. The van der Waals surface area contributed by atoms with Crippen LogP contribution in [0.2, 0.25) is 0 Å². The van der Waals surface area contributed by atoms with E-state index in [4.69, 9.17) is 9.72 Å².